The van der Waals surface area contributed by atoms with Crippen LogP contribution in [0.5, 0.6) is 0 Å². The number of ether oxygens (including phenoxy) is 1. The first-order valence-electron chi connectivity index (χ1n) is 5.98. The van der Waals surface area contributed by atoms with Crippen molar-refractivity contribution in [3.05, 3.63) is 56.6 Å². The minimum Gasteiger partial charge on any atom is -0.380 e. The third-order valence-electron chi connectivity index (χ3n) is 2.72. The van der Waals surface area contributed by atoms with E-state index in [0.29, 0.717) is 17.3 Å². The zero-order chi connectivity index (χ0) is 15.5. The fourth-order valence-electron chi connectivity index (χ4n) is 1.71. The largest absolute Gasteiger partial charge is 0.380 e. The molecule has 0 amide bonds. The van der Waals surface area contributed by atoms with Crippen LogP contribution in [0.4, 0.5) is 5.69 Å². The molecule has 0 bridgehead atoms. The SMILES string of the molecule is COCc1ccc(S(=O)(=O)Nc2ccc(I)cc2Cl)cc1. The minimum atomic E-state index is -3.66. The molecule has 7 heteroatoms. The Morgan fingerprint density at radius 2 is 1.86 bits per heavy atom. The monoisotopic (exact) mass is 437 g/mol. The summed E-state index contributed by atoms with van der Waals surface area (Å²) < 4.78 is 33.0. The van der Waals surface area contributed by atoms with E-state index >= 15 is 0 Å². The van der Waals surface area contributed by atoms with Gasteiger partial charge in [0.1, 0.15) is 0 Å². The average Bonchev–Trinajstić information content (AvgIpc) is 2.43. The van der Waals surface area contributed by atoms with E-state index < -0.39 is 10.0 Å². The van der Waals surface area contributed by atoms with Crippen LogP contribution in [0.1, 0.15) is 5.56 Å². The third-order valence-corrected chi connectivity index (χ3v) is 5.09. The summed E-state index contributed by atoms with van der Waals surface area (Å²) in [4.78, 5) is 0.178. The van der Waals surface area contributed by atoms with Gasteiger partial charge in [-0.2, -0.15) is 0 Å². The Labute approximate surface area is 142 Å². The molecule has 2 aromatic carbocycles. The van der Waals surface area contributed by atoms with E-state index in [4.69, 9.17) is 16.3 Å². The Morgan fingerprint density at radius 1 is 1.19 bits per heavy atom. The lowest BCUT2D eigenvalue weighted by Crippen LogP contribution is -2.13. The van der Waals surface area contributed by atoms with E-state index in [2.05, 4.69) is 27.3 Å². The number of sulfonamides is 1. The van der Waals surface area contributed by atoms with Crippen molar-refractivity contribution in [2.45, 2.75) is 11.5 Å². The standard InChI is InChI=1S/C14H13ClINO3S/c1-20-9-10-2-5-12(6-3-10)21(18,19)17-14-7-4-11(16)8-13(14)15/h2-8,17H,9H2,1H3. The van der Waals surface area contributed by atoms with Gasteiger partial charge in [0, 0.05) is 10.7 Å². The Hall–Kier alpha value is -0.830. The predicted octanol–water partition coefficient (Wildman–Crippen LogP) is 3.89. The van der Waals surface area contributed by atoms with Gasteiger partial charge >= 0.3 is 0 Å². The molecule has 0 heterocycles. The normalized spacial score (nSPS) is 11.4. The van der Waals surface area contributed by atoms with Gasteiger partial charge in [-0.1, -0.05) is 23.7 Å². The molecule has 4 nitrogen and oxygen atoms in total. The molecule has 0 aliphatic heterocycles. The second-order valence-corrected chi connectivity index (χ2v) is 7.64. The van der Waals surface area contributed by atoms with Crippen LogP contribution >= 0.6 is 34.2 Å². The molecule has 0 spiro atoms. The lowest BCUT2D eigenvalue weighted by molar-refractivity contribution is 0.185. The highest BCUT2D eigenvalue weighted by Crippen LogP contribution is 2.26. The molecule has 0 aliphatic rings. The van der Waals surface area contributed by atoms with Crippen molar-refractivity contribution in [3.8, 4) is 0 Å². The van der Waals surface area contributed by atoms with Crippen molar-refractivity contribution in [3.63, 3.8) is 0 Å². The zero-order valence-electron chi connectivity index (χ0n) is 11.1. The van der Waals surface area contributed by atoms with E-state index in [1.54, 1.807) is 37.4 Å². The van der Waals surface area contributed by atoms with E-state index in [9.17, 15) is 8.42 Å². The molecule has 0 fully saturated rings. The highest BCUT2D eigenvalue weighted by atomic mass is 127. The maximum atomic E-state index is 12.3. The molecule has 0 saturated heterocycles. The topological polar surface area (TPSA) is 55.4 Å². The molecule has 112 valence electrons. The average molecular weight is 438 g/mol. The third kappa shape index (κ3) is 4.32. The molecular formula is C14H13ClINO3S. The van der Waals surface area contributed by atoms with E-state index in [0.717, 1.165) is 9.13 Å². The van der Waals surface area contributed by atoms with Gasteiger partial charge in [0.2, 0.25) is 0 Å². The smallest absolute Gasteiger partial charge is 0.261 e. The molecule has 0 aliphatic carbocycles. The molecule has 1 N–H and O–H groups in total. The number of anilines is 1. The lowest BCUT2D eigenvalue weighted by atomic mass is 10.2. The summed E-state index contributed by atoms with van der Waals surface area (Å²) >= 11 is 8.15. The summed E-state index contributed by atoms with van der Waals surface area (Å²) in [5.41, 5.74) is 1.27. The Kier molecular flexibility index (Phi) is 5.48. The number of rotatable bonds is 5. The first kappa shape index (κ1) is 16.5. The number of nitrogens with one attached hydrogen (secondary N) is 1. The van der Waals surface area contributed by atoms with E-state index in [-0.39, 0.29) is 4.90 Å². The number of hydrogen-bond donors (Lipinski definition) is 1. The van der Waals surface area contributed by atoms with Gasteiger partial charge < -0.3 is 4.74 Å². The maximum absolute atomic E-state index is 12.3. The highest BCUT2D eigenvalue weighted by molar-refractivity contribution is 14.1. The second-order valence-electron chi connectivity index (χ2n) is 4.31. The molecular weight excluding hydrogens is 425 g/mol. The van der Waals surface area contributed by atoms with Crippen LogP contribution in [0.25, 0.3) is 0 Å². The van der Waals surface area contributed by atoms with Crippen molar-refractivity contribution in [1.82, 2.24) is 0 Å². The van der Waals surface area contributed by atoms with Crippen LogP contribution in [-0.2, 0) is 21.4 Å². The Morgan fingerprint density at radius 3 is 2.43 bits per heavy atom. The summed E-state index contributed by atoms with van der Waals surface area (Å²) in [6.45, 7) is 0.441. The summed E-state index contributed by atoms with van der Waals surface area (Å²) in [6.07, 6.45) is 0. The molecule has 0 unspecified atom stereocenters. The van der Waals surface area contributed by atoms with Gasteiger partial charge in [-0.05, 0) is 58.5 Å². The first-order valence-corrected chi connectivity index (χ1v) is 8.92. The molecule has 2 rings (SSSR count). The molecule has 2 aromatic rings. The molecule has 0 radical (unpaired) electrons. The van der Waals surface area contributed by atoms with Crippen LogP contribution in [0.15, 0.2) is 47.4 Å². The quantitative estimate of drug-likeness (QED) is 0.722. The molecule has 0 saturated carbocycles. The second kappa shape index (κ2) is 6.95. The number of benzene rings is 2. The van der Waals surface area contributed by atoms with Gasteiger partial charge in [-0.3, -0.25) is 4.72 Å². The van der Waals surface area contributed by atoms with Crippen molar-refractivity contribution < 1.29 is 13.2 Å². The summed E-state index contributed by atoms with van der Waals surface area (Å²) in [5, 5.41) is 0.362. The predicted molar refractivity (Wildman–Crippen MR) is 92.1 cm³/mol. The lowest BCUT2D eigenvalue weighted by Gasteiger charge is -2.10. The zero-order valence-corrected chi connectivity index (χ0v) is 14.9. The molecule has 21 heavy (non-hydrogen) atoms. The van der Waals surface area contributed by atoms with Gasteiger partial charge in [0.05, 0.1) is 22.2 Å². The fourth-order valence-corrected chi connectivity index (χ4v) is 3.75. The molecule has 0 atom stereocenters. The number of hydrogen-bond acceptors (Lipinski definition) is 3. The van der Waals surface area contributed by atoms with Gasteiger partial charge in [-0.25, -0.2) is 8.42 Å². The summed E-state index contributed by atoms with van der Waals surface area (Å²) in [6, 6.07) is 11.6. The van der Waals surface area contributed by atoms with Gasteiger partial charge in [0.15, 0.2) is 0 Å². The Bertz CT molecular complexity index is 732. The first-order chi connectivity index (χ1) is 9.92. The minimum absolute atomic E-state index is 0.178. The van der Waals surface area contributed by atoms with Gasteiger partial charge in [0.25, 0.3) is 10.0 Å². The van der Waals surface area contributed by atoms with Crippen LogP contribution in [0, 0.1) is 3.57 Å². The Balaban J connectivity index is 2.25. The van der Waals surface area contributed by atoms with Crippen LogP contribution in [-0.4, -0.2) is 15.5 Å². The molecule has 0 aromatic heterocycles. The van der Waals surface area contributed by atoms with Crippen molar-refractivity contribution >= 4 is 49.9 Å². The fraction of sp³-hybridized carbons (Fsp3) is 0.143. The number of methoxy groups -OCH3 is 1. The number of halogens is 2. The van der Waals surface area contributed by atoms with E-state index in [1.807, 2.05) is 0 Å². The van der Waals surface area contributed by atoms with Crippen molar-refractivity contribution in [1.29, 1.82) is 0 Å². The van der Waals surface area contributed by atoms with Gasteiger partial charge in [-0.15, -0.1) is 0 Å². The summed E-state index contributed by atoms with van der Waals surface area (Å²) in [7, 11) is -2.07. The summed E-state index contributed by atoms with van der Waals surface area (Å²) in [5.74, 6) is 0. The van der Waals surface area contributed by atoms with Crippen LogP contribution < -0.4 is 4.72 Å². The maximum Gasteiger partial charge on any atom is 0.261 e. The van der Waals surface area contributed by atoms with E-state index in [1.165, 1.54) is 12.1 Å². The highest BCUT2D eigenvalue weighted by Gasteiger charge is 2.15. The van der Waals surface area contributed by atoms with Crippen LogP contribution in [0.2, 0.25) is 5.02 Å². The van der Waals surface area contributed by atoms with Crippen molar-refractivity contribution in [2.24, 2.45) is 0 Å². The van der Waals surface area contributed by atoms with Crippen molar-refractivity contribution in [2.75, 3.05) is 11.8 Å². The van der Waals surface area contributed by atoms with Crippen LogP contribution in [0.3, 0.4) is 0 Å².